The van der Waals surface area contributed by atoms with Gasteiger partial charge in [0.2, 0.25) is 5.95 Å². The van der Waals surface area contributed by atoms with Crippen LogP contribution in [0.3, 0.4) is 0 Å². The summed E-state index contributed by atoms with van der Waals surface area (Å²) in [5.41, 5.74) is 5.22. The maximum absolute atomic E-state index is 13.1. The van der Waals surface area contributed by atoms with Crippen LogP contribution in [-0.2, 0) is 17.8 Å². The SMILES string of the molecule is CCc1c(C)nc2n(c1=O)CN(CCCOC)CN2c1ccc(C)cc1C. The third-order valence-corrected chi connectivity index (χ3v) is 5.19. The lowest BCUT2D eigenvalue weighted by Crippen LogP contribution is -2.48. The molecule has 2 heterocycles. The molecule has 0 amide bonds. The average molecular weight is 370 g/mol. The van der Waals surface area contributed by atoms with Gasteiger partial charge in [0.05, 0.1) is 13.3 Å². The minimum absolute atomic E-state index is 0.0752. The monoisotopic (exact) mass is 370 g/mol. The first-order chi connectivity index (χ1) is 13.0. The second-order valence-electron chi connectivity index (χ2n) is 7.30. The molecule has 0 unspecified atom stereocenters. The number of benzene rings is 1. The van der Waals surface area contributed by atoms with Crippen molar-refractivity contribution in [2.75, 3.05) is 31.8 Å². The summed E-state index contributed by atoms with van der Waals surface area (Å²) in [6, 6.07) is 6.42. The van der Waals surface area contributed by atoms with Crippen LogP contribution in [0.2, 0.25) is 0 Å². The Morgan fingerprint density at radius 1 is 1.19 bits per heavy atom. The van der Waals surface area contributed by atoms with Crippen molar-refractivity contribution >= 4 is 11.6 Å². The topological polar surface area (TPSA) is 50.6 Å². The summed E-state index contributed by atoms with van der Waals surface area (Å²) in [5, 5.41) is 0. The van der Waals surface area contributed by atoms with E-state index in [0.29, 0.717) is 26.4 Å². The minimum Gasteiger partial charge on any atom is -0.385 e. The molecule has 3 rings (SSSR count). The van der Waals surface area contributed by atoms with Gasteiger partial charge in [-0.05, 0) is 45.2 Å². The third-order valence-electron chi connectivity index (χ3n) is 5.19. The number of aryl methyl sites for hydroxylation is 3. The van der Waals surface area contributed by atoms with Gasteiger partial charge in [0, 0.05) is 37.2 Å². The molecule has 27 heavy (non-hydrogen) atoms. The normalized spacial score (nSPS) is 14.5. The van der Waals surface area contributed by atoms with Gasteiger partial charge < -0.3 is 4.74 Å². The van der Waals surface area contributed by atoms with Crippen LogP contribution >= 0.6 is 0 Å². The standard InChI is InChI=1S/C21H30N4O2/c1-6-18-17(4)22-21-24(19-9-8-15(2)12-16(19)3)13-23(10-7-11-27-5)14-25(21)20(18)26/h8-9,12H,6-7,10-11,13-14H2,1-5H3. The molecule has 0 atom stereocenters. The number of anilines is 2. The van der Waals surface area contributed by atoms with E-state index in [-0.39, 0.29) is 5.56 Å². The highest BCUT2D eigenvalue weighted by Crippen LogP contribution is 2.30. The van der Waals surface area contributed by atoms with Crippen molar-refractivity contribution in [2.45, 2.75) is 47.2 Å². The van der Waals surface area contributed by atoms with Gasteiger partial charge in [-0.25, -0.2) is 4.98 Å². The molecule has 0 bridgehead atoms. The molecule has 0 N–H and O–H groups in total. The molecule has 146 valence electrons. The largest absolute Gasteiger partial charge is 0.385 e. The molecule has 1 aliphatic heterocycles. The molecule has 0 saturated heterocycles. The zero-order chi connectivity index (χ0) is 19.6. The van der Waals surface area contributed by atoms with Crippen LogP contribution in [0.15, 0.2) is 23.0 Å². The summed E-state index contributed by atoms with van der Waals surface area (Å²) < 4.78 is 7.02. The number of nitrogens with zero attached hydrogens (tertiary/aromatic N) is 4. The Morgan fingerprint density at radius 2 is 1.96 bits per heavy atom. The molecule has 0 saturated carbocycles. The fourth-order valence-corrected chi connectivity index (χ4v) is 3.80. The molecule has 1 aliphatic rings. The predicted molar refractivity (Wildman–Crippen MR) is 109 cm³/mol. The predicted octanol–water partition coefficient (Wildman–Crippen LogP) is 3.14. The van der Waals surface area contributed by atoms with Crippen molar-refractivity contribution in [1.82, 2.24) is 14.5 Å². The van der Waals surface area contributed by atoms with E-state index in [0.717, 1.165) is 35.9 Å². The van der Waals surface area contributed by atoms with Crippen LogP contribution in [0.5, 0.6) is 0 Å². The number of rotatable bonds is 6. The lowest BCUT2D eigenvalue weighted by molar-refractivity contribution is 0.150. The van der Waals surface area contributed by atoms with Crippen molar-refractivity contribution in [3.8, 4) is 0 Å². The summed E-state index contributed by atoms with van der Waals surface area (Å²) in [6.07, 6.45) is 1.63. The molecule has 0 radical (unpaired) electrons. The highest BCUT2D eigenvalue weighted by Gasteiger charge is 2.28. The Labute approximate surface area is 161 Å². The maximum Gasteiger partial charge on any atom is 0.259 e. The molecule has 0 aliphatic carbocycles. The second kappa shape index (κ2) is 8.23. The summed E-state index contributed by atoms with van der Waals surface area (Å²) in [4.78, 5) is 22.4. The summed E-state index contributed by atoms with van der Waals surface area (Å²) >= 11 is 0. The first-order valence-electron chi connectivity index (χ1n) is 9.62. The Bertz CT molecular complexity index is 875. The zero-order valence-corrected chi connectivity index (χ0v) is 17.1. The minimum atomic E-state index is 0.0752. The van der Waals surface area contributed by atoms with E-state index >= 15 is 0 Å². The smallest absolute Gasteiger partial charge is 0.259 e. The molecule has 6 heteroatoms. The number of aromatic nitrogens is 2. The van der Waals surface area contributed by atoms with Crippen molar-refractivity contribution < 1.29 is 4.74 Å². The number of hydrogen-bond donors (Lipinski definition) is 0. The van der Waals surface area contributed by atoms with E-state index in [1.54, 1.807) is 7.11 Å². The van der Waals surface area contributed by atoms with Crippen molar-refractivity contribution in [2.24, 2.45) is 0 Å². The van der Waals surface area contributed by atoms with Gasteiger partial charge in [0.15, 0.2) is 0 Å². The van der Waals surface area contributed by atoms with Crippen LogP contribution in [-0.4, -0.2) is 41.4 Å². The second-order valence-corrected chi connectivity index (χ2v) is 7.30. The Kier molecular flexibility index (Phi) is 5.97. The first-order valence-corrected chi connectivity index (χ1v) is 9.62. The molecule has 6 nitrogen and oxygen atoms in total. The maximum atomic E-state index is 13.1. The quantitative estimate of drug-likeness (QED) is 0.731. The fourth-order valence-electron chi connectivity index (χ4n) is 3.80. The molecule has 1 aromatic carbocycles. The van der Waals surface area contributed by atoms with Gasteiger partial charge in [-0.1, -0.05) is 24.6 Å². The number of fused-ring (bicyclic) bond motifs is 1. The van der Waals surface area contributed by atoms with E-state index in [1.165, 1.54) is 11.1 Å². The molecular weight excluding hydrogens is 340 g/mol. The first kappa shape index (κ1) is 19.6. The van der Waals surface area contributed by atoms with Crippen molar-refractivity contribution in [3.63, 3.8) is 0 Å². The van der Waals surface area contributed by atoms with Gasteiger partial charge >= 0.3 is 0 Å². The number of methoxy groups -OCH3 is 1. The lowest BCUT2D eigenvalue weighted by atomic mass is 10.1. The molecular formula is C21H30N4O2. The Hall–Kier alpha value is -2.18. The highest BCUT2D eigenvalue weighted by molar-refractivity contribution is 5.63. The van der Waals surface area contributed by atoms with Gasteiger partial charge in [0.25, 0.3) is 5.56 Å². The van der Waals surface area contributed by atoms with Gasteiger partial charge in [-0.3, -0.25) is 19.2 Å². The van der Waals surface area contributed by atoms with Crippen molar-refractivity contribution in [1.29, 1.82) is 0 Å². The summed E-state index contributed by atoms with van der Waals surface area (Å²) in [5.74, 6) is 0.740. The van der Waals surface area contributed by atoms with E-state index in [9.17, 15) is 4.79 Å². The van der Waals surface area contributed by atoms with Gasteiger partial charge in [0.1, 0.15) is 0 Å². The Morgan fingerprint density at radius 3 is 2.63 bits per heavy atom. The van der Waals surface area contributed by atoms with Crippen LogP contribution in [0, 0.1) is 20.8 Å². The summed E-state index contributed by atoms with van der Waals surface area (Å²) in [6.45, 7) is 11.0. The van der Waals surface area contributed by atoms with Crippen LogP contribution in [0.25, 0.3) is 0 Å². The van der Waals surface area contributed by atoms with Crippen molar-refractivity contribution in [3.05, 3.63) is 50.9 Å². The van der Waals surface area contributed by atoms with Crippen LogP contribution in [0.4, 0.5) is 11.6 Å². The van der Waals surface area contributed by atoms with Crippen LogP contribution < -0.4 is 10.5 Å². The third kappa shape index (κ3) is 3.92. The van der Waals surface area contributed by atoms with E-state index in [4.69, 9.17) is 9.72 Å². The molecule has 0 fully saturated rings. The number of ether oxygens (including phenoxy) is 1. The fraction of sp³-hybridized carbons (Fsp3) is 0.524. The molecule has 1 aromatic heterocycles. The highest BCUT2D eigenvalue weighted by atomic mass is 16.5. The molecule has 0 spiro atoms. The van der Waals surface area contributed by atoms with E-state index < -0.39 is 0 Å². The van der Waals surface area contributed by atoms with Gasteiger partial charge in [-0.2, -0.15) is 0 Å². The van der Waals surface area contributed by atoms with E-state index in [2.05, 4.69) is 41.8 Å². The molecule has 2 aromatic rings. The van der Waals surface area contributed by atoms with Crippen LogP contribution in [0.1, 0.15) is 35.7 Å². The Balaban J connectivity index is 2.08. The average Bonchev–Trinajstić information content (AvgIpc) is 2.63. The zero-order valence-electron chi connectivity index (χ0n) is 17.1. The lowest BCUT2D eigenvalue weighted by Gasteiger charge is -2.39. The number of hydrogen-bond acceptors (Lipinski definition) is 5. The van der Waals surface area contributed by atoms with Gasteiger partial charge in [-0.15, -0.1) is 0 Å². The van der Waals surface area contributed by atoms with E-state index in [1.807, 2.05) is 18.4 Å². The summed E-state index contributed by atoms with van der Waals surface area (Å²) in [7, 11) is 1.72.